The predicted octanol–water partition coefficient (Wildman–Crippen LogP) is 3.16. The van der Waals surface area contributed by atoms with E-state index in [-0.39, 0.29) is 19.1 Å². The minimum atomic E-state index is -0.261. The van der Waals surface area contributed by atoms with Gasteiger partial charge in [0.15, 0.2) is 6.61 Å². The van der Waals surface area contributed by atoms with Crippen LogP contribution in [0.5, 0.6) is 5.75 Å². The van der Waals surface area contributed by atoms with Crippen LogP contribution in [0.15, 0.2) is 42.5 Å². The molecule has 0 unspecified atom stereocenters. The number of aliphatic hydroxyl groups is 1. The summed E-state index contributed by atoms with van der Waals surface area (Å²) in [7, 11) is 0. The summed E-state index contributed by atoms with van der Waals surface area (Å²) in [6, 6.07) is 12.4. The van der Waals surface area contributed by atoms with E-state index in [2.05, 4.69) is 5.32 Å². The van der Waals surface area contributed by atoms with Crippen LogP contribution in [0.2, 0.25) is 5.02 Å². The molecule has 0 aliphatic heterocycles. The number of ether oxygens (including phenoxy) is 1. The molecule has 110 valence electrons. The first-order valence-electron chi connectivity index (χ1n) is 6.47. The zero-order chi connectivity index (χ0) is 15.2. The maximum absolute atomic E-state index is 11.9. The van der Waals surface area contributed by atoms with Crippen LogP contribution in [0.3, 0.4) is 0 Å². The third-order valence-electron chi connectivity index (χ3n) is 2.97. The maximum Gasteiger partial charge on any atom is 0.262 e. The molecule has 0 atom stereocenters. The highest BCUT2D eigenvalue weighted by molar-refractivity contribution is 6.30. The van der Waals surface area contributed by atoms with E-state index in [1.165, 1.54) is 0 Å². The van der Waals surface area contributed by atoms with Gasteiger partial charge in [0.25, 0.3) is 5.91 Å². The van der Waals surface area contributed by atoms with Crippen molar-refractivity contribution in [1.29, 1.82) is 0 Å². The van der Waals surface area contributed by atoms with Gasteiger partial charge in [-0.3, -0.25) is 4.79 Å². The number of hydrogen-bond donors (Lipinski definition) is 2. The minimum Gasteiger partial charge on any atom is -0.483 e. The van der Waals surface area contributed by atoms with Gasteiger partial charge in [-0.15, -0.1) is 0 Å². The van der Waals surface area contributed by atoms with Gasteiger partial charge in [0.1, 0.15) is 5.75 Å². The van der Waals surface area contributed by atoms with Gasteiger partial charge in [0.05, 0.1) is 6.61 Å². The quantitative estimate of drug-likeness (QED) is 0.892. The summed E-state index contributed by atoms with van der Waals surface area (Å²) in [5.41, 5.74) is 2.28. The van der Waals surface area contributed by atoms with Gasteiger partial charge in [-0.1, -0.05) is 29.8 Å². The monoisotopic (exact) mass is 305 g/mol. The lowest BCUT2D eigenvalue weighted by molar-refractivity contribution is -0.118. The molecule has 2 aromatic rings. The Kier molecular flexibility index (Phi) is 5.20. The SMILES string of the molecule is Cc1ccccc1NC(=O)COc1ccc(Cl)cc1CO. The van der Waals surface area contributed by atoms with Crippen molar-refractivity contribution in [2.45, 2.75) is 13.5 Å². The summed E-state index contributed by atoms with van der Waals surface area (Å²) in [5, 5.41) is 12.5. The van der Waals surface area contributed by atoms with E-state index < -0.39 is 0 Å². The van der Waals surface area contributed by atoms with E-state index in [4.69, 9.17) is 16.3 Å². The van der Waals surface area contributed by atoms with Gasteiger partial charge < -0.3 is 15.2 Å². The Morgan fingerprint density at radius 1 is 1.29 bits per heavy atom. The molecule has 0 radical (unpaired) electrons. The number of carbonyl (C=O) groups is 1. The van der Waals surface area contributed by atoms with Crippen LogP contribution in [0.25, 0.3) is 0 Å². The third-order valence-corrected chi connectivity index (χ3v) is 3.21. The Hall–Kier alpha value is -2.04. The van der Waals surface area contributed by atoms with Crippen LogP contribution >= 0.6 is 11.6 Å². The molecular weight excluding hydrogens is 290 g/mol. The molecule has 0 heterocycles. The van der Waals surface area contributed by atoms with Crippen molar-refractivity contribution >= 4 is 23.2 Å². The van der Waals surface area contributed by atoms with E-state index in [9.17, 15) is 9.90 Å². The highest BCUT2D eigenvalue weighted by Gasteiger charge is 2.08. The molecule has 0 bridgehead atoms. The third kappa shape index (κ3) is 4.21. The summed E-state index contributed by atoms with van der Waals surface area (Å²) >= 11 is 5.84. The van der Waals surface area contributed by atoms with Gasteiger partial charge in [0.2, 0.25) is 0 Å². The number of anilines is 1. The molecular formula is C16H16ClNO3. The molecule has 0 aliphatic rings. The number of hydrogen-bond acceptors (Lipinski definition) is 3. The number of halogens is 1. The predicted molar refractivity (Wildman–Crippen MR) is 82.7 cm³/mol. The fourth-order valence-corrected chi connectivity index (χ4v) is 2.05. The number of benzene rings is 2. The number of carbonyl (C=O) groups excluding carboxylic acids is 1. The molecule has 4 nitrogen and oxygen atoms in total. The zero-order valence-corrected chi connectivity index (χ0v) is 12.4. The van der Waals surface area contributed by atoms with Crippen molar-refractivity contribution in [2.24, 2.45) is 0 Å². The number of aliphatic hydroxyl groups excluding tert-OH is 1. The van der Waals surface area contributed by atoms with Gasteiger partial charge in [-0.05, 0) is 36.8 Å². The van der Waals surface area contributed by atoms with Crippen molar-refractivity contribution in [3.05, 3.63) is 58.6 Å². The summed E-state index contributed by atoms with van der Waals surface area (Å²) < 4.78 is 5.43. The van der Waals surface area contributed by atoms with E-state index >= 15 is 0 Å². The highest BCUT2D eigenvalue weighted by atomic mass is 35.5. The first kappa shape index (κ1) is 15.4. The highest BCUT2D eigenvalue weighted by Crippen LogP contribution is 2.23. The lowest BCUT2D eigenvalue weighted by Crippen LogP contribution is -2.21. The van der Waals surface area contributed by atoms with Gasteiger partial charge in [-0.2, -0.15) is 0 Å². The molecule has 0 fully saturated rings. The van der Waals surface area contributed by atoms with Crippen LogP contribution in [-0.4, -0.2) is 17.6 Å². The second kappa shape index (κ2) is 7.11. The van der Waals surface area contributed by atoms with Crippen molar-refractivity contribution in [1.82, 2.24) is 0 Å². The molecule has 0 saturated heterocycles. The van der Waals surface area contributed by atoms with Crippen LogP contribution in [0, 0.1) is 6.92 Å². The van der Waals surface area contributed by atoms with Crippen molar-refractivity contribution in [2.75, 3.05) is 11.9 Å². The normalized spacial score (nSPS) is 10.2. The summed E-state index contributed by atoms with van der Waals surface area (Å²) in [5.74, 6) is 0.185. The fraction of sp³-hybridized carbons (Fsp3) is 0.188. The standard InChI is InChI=1S/C16H16ClNO3/c1-11-4-2-3-5-14(11)18-16(20)10-21-15-7-6-13(17)8-12(15)9-19/h2-8,19H,9-10H2,1H3,(H,18,20). The Bertz CT molecular complexity index is 643. The first-order valence-corrected chi connectivity index (χ1v) is 6.85. The number of para-hydroxylation sites is 1. The number of amides is 1. The second-order valence-corrected chi connectivity index (χ2v) is 5.00. The minimum absolute atomic E-state index is 0.136. The van der Waals surface area contributed by atoms with Crippen molar-refractivity contribution in [3.63, 3.8) is 0 Å². The maximum atomic E-state index is 11.9. The average molecular weight is 306 g/mol. The molecule has 2 N–H and O–H groups in total. The smallest absolute Gasteiger partial charge is 0.262 e. The largest absolute Gasteiger partial charge is 0.483 e. The van der Waals surface area contributed by atoms with Crippen LogP contribution < -0.4 is 10.1 Å². The summed E-state index contributed by atoms with van der Waals surface area (Å²) in [6.45, 7) is 1.58. The molecule has 1 amide bonds. The molecule has 2 rings (SSSR count). The average Bonchev–Trinajstić information content (AvgIpc) is 2.48. The van der Waals surface area contributed by atoms with Gasteiger partial charge in [0, 0.05) is 16.3 Å². The van der Waals surface area contributed by atoms with Gasteiger partial charge in [-0.25, -0.2) is 0 Å². The first-order chi connectivity index (χ1) is 10.1. The lowest BCUT2D eigenvalue weighted by atomic mass is 10.2. The second-order valence-electron chi connectivity index (χ2n) is 4.56. The van der Waals surface area contributed by atoms with Gasteiger partial charge >= 0.3 is 0 Å². The van der Waals surface area contributed by atoms with Crippen LogP contribution in [0.1, 0.15) is 11.1 Å². The zero-order valence-electron chi connectivity index (χ0n) is 11.6. The van der Waals surface area contributed by atoms with E-state index in [0.717, 1.165) is 11.3 Å². The van der Waals surface area contributed by atoms with E-state index in [0.29, 0.717) is 16.3 Å². The summed E-state index contributed by atoms with van der Waals surface area (Å²) in [4.78, 5) is 11.9. The van der Waals surface area contributed by atoms with Crippen LogP contribution in [-0.2, 0) is 11.4 Å². The Labute approximate surface area is 128 Å². The van der Waals surface area contributed by atoms with Crippen molar-refractivity contribution in [3.8, 4) is 5.75 Å². The Morgan fingerprint density at radius 3 is 2.76 bits per heavy atom. The van der Waals surface area contributed by atoms with E-state index in [1.54, 1.807) is 18.2 Å². The molecule has 5 heteroatoms. The molecule has 0 saturated carbocycles. The molecule has 21 heavy (non-hydrogen) atoms. The molecule has 0 aromatic heterocycles. The topological polar surface area (TPSA) is 58.6 Å². The number of aryl methyl sites for hydroxylation is 1. The Balaban J connectivity index is 1.97. The fourth-order valence-electron chi connectivity index (χ4n) is 1.86. The van der Waals surface area contributed by atoms with E-state index in [1.807, 2.05) is 31.2 Å². The van der Waals surface area contributed by atoms with Crippen molar-refractivity contribution < 1.29 is 14.6 Å². The number of rotatable bonds is 5. The Morgan fingerprint density at radius 2 is 2.05 bits per heavy atom. The summed E-state index contributed by atoms with van der Waals surface area (Å²) in [6.07, 6.45) is 0. The van der Waals surface area contributed by atoms with Crippen LogP contribution in [0.4, 0.5) is 5.69 Å². The molecule has 0 aliphatic carbocycles. The molecule has 2 aromatic carbocycles. The lowest BCUT2D eigenvalue weighted by Gasteiger charge is -2.11. The molecule has 0 spiro atoms. The number of nitrogens with one attached hydrogen (secondary N) is 1.